The highest BCUT2D eigenvalue weighted by atomic mass is 79.9. The molecule has 0 spiro atoms. The van der Waals surface area contributed by atoms with E-state index in [9.17, 15) is 9.90 Å². The number of rotatable bonds is 1. The second kappa shape index (κ2) is 4.12. The number of benzene rings is 1. The highest BCUT2D eigenvalue weighted by Gasteiger charge is 2.03. The molecule has 0 unspecified atom stereocenters. The third-order valence-electron chi connectivity index (χ3n) is 1.75. The molecule has 5 heteroatoms. The van der Waals surface area contributed by atoms with Gasteiger partial charge >= 0.3 is 0 Å². The highest BCUT2D eigenvalue weighted by molar-refractivity contribution is 9.10. The molecule has 3 nitrogen and oxygen atoms in total. The van der Waals surface area contributed by atoms with Crippen LogP contribution < -0.4 is 4.74 Å². The molecule has 1 aromatic carbocycles. The van der Waals surface area contributed by atoms with Gasteiger partial charge in [0.25, 0.3) is 0 Å². The van der Waals surface area contributed by atoms with E-state index in [-0.39, 0.29) is 10.6 Å². The van der Waals surface area contributed by atoms with Crippen LogP contribution in [0.2, 0.25) is 0 Å². The molecule has 0 radical (unpaired) electrons. The Morgan fingerprint density at radius 2 is 1.93 bits per heavy atom. The molecule has 0 atom stereocenters. The van der Waals surface area contributed by atoms with E-state index in [2.05, 4.69) is 20.9 Å². The quantitative estimate of drug-likeness (QED) is 0.875. The van der Waals surface area contributed by atoms with Crippen molar-refractivity contribution in [2.24, 2.45) is 0 Å². The first-order chi connectivity index (χ1) is 7.15. The Morgan fingerprint density at radius 3 is 2.53 bits per heavy atom. The van der Waals surface area contributed by atoms with Crippen LogP contribution in [0.4, 0.5) is 0 Å². The van der Waals surface area contributed by atoms with Crippen molar-refractivity contribution in [2.75, 3.05) is 0 Å². The first kappa shape index (κ1) is 10.3. The summed E-state index contributed by atoms with van der Waals surface area (Å²) >= 11 is 4.33. The van der Waals surface area contributed by atoms with Crippen molar-refractivity contribution in [2.45, 2.75) is 0 Å². The van der Waals surface area contributed by atoms with Crippen LogP contribution in [0, 0.1) is 0 Å². The second-order valence-corrected chi connectivity index (χ2v) is 4.76. The molecule has 2 aromatic rings. The summed E-state index contributed by atoms with van der Waals surface area (Å²) in [5.41, 5.74) is 0.816. The molecule has 0 aliphatic rings. The van der Waals surface area contributed by atoms with Crippen LogP contribution in [0.3, 0.4) is 0 Å². The lowest BCUT2D eigenvalue weighted by Crippen LogP contribution is -1.94. The Kier molecular flexibility index (Phi) is 2.83. The molecule has 1 heterocycles. The average Bonchev–Trinajstić information content (AvgIpc) is 2.17. The number of nitrogens with zero attached hydrogens (tertiary/aromatic N) is 1. The van der Waals surface area contributed by atoms with E-state index in [1.54, 1.807) is 0 Å². The topological polar surface area (TPSA) is 50.2 Å². The van der Waals surface area contributed by atoms with Gasteiger partial charge < -0.3 is 5.11 Å². The van der Waals surface area contributed by atoms with E-state index in [1.807, 2.05) is 24.3 Å². The smallest absolute Gasteiger partial charge is 0.239 e. The fourth-order valence-electron chi connectivity index (χ4n) is 1.11. The Bertz CT molecular complexity index is 536. The van der Waals surface area contributed by atoms with Crippen molar-refractivity contribution >= 4 is 27.3 Å². The lowest BCUT2D eigenvalue weighted by Gasteiger charge is -1.99. The molecule has 15 heavy (non-hydrogen) atoms. The van der Waals surface area contributed by atoms with Crippen LogP contribution in [0.5, 0.6) is 5.88 Å². The van der Waals surface area contributed by atoms with Crippen molar-refractivity contribution in [3.8, 4) is 16.5 Å². The van der Waals surface area contributed by atoms with Crippen molar-refractivity contribution in [3.05, 3.63) is 44.3 Å². The molecular weight excluding hydrogens is 278 g/mol. The van der Waals surface area contributed by atoms with Gasteiger partial charge in [-0.1, -0.05) is 39.4 Å². The zero-order chi connectivity index (χ0) is 10.8. The molecule has 0 amide bonds. The van der Waals surface area contributed by atoms with E-state index < -0.39 is 0 Å². The van der Waals surface area contributed by atoms with E-state index in [0.717, 1.165) is 27.4 Å². The number of hydrogen-bond acceptors (Lipinski definition) is 4. The summed E-state index contributed by atoms with van der Waals surface area (Å²) in [6.07, 6.45) is 0. The van der Waals surface area contributed by atoms with Crippen molar-refractivity contribution in [1.29, 1.82) is 0 Å². The Balaban J connectivity index is 2.54. The zero-order valence-electron chi connectivity index (χ0n) is 7.48. The molecule has 1 N–H and O–H groups in total. The summed E-state index contributed by atoms with van der Waals surface area (Å²) in [5, 5.41) is 9.72. The maximum atomic E-state index is 11.2. The predicted octanol–water partition coefficient (Wildman–Crippen LogP) is 2.64. The SMILES string of the molecule is O=c1cc(O)nc(-c2ccc(Br)cc2)s1. The summed E-state index contributed by atoms with van der Waals surface area (Å²) in [4.78, 5) is 15.1. The van der Waals surface area contributed by atoms with Gasteiger partial charge in [-0.15, -0.1) is 0 Å². The normalized spacial score (nSPS) is 10.2. The molecule has 76 valence electrons. The number of halogens is 1. The van der Waals surface area contributed by atoms with E-state index in [1.165, 1.54) is 0 Å². The molecule has 0 fully saturated rings. The maximum absolute atomic E-state index is 11.2. The van der Waals surface area contributed by atoms with E-state index >= 15 is 0 Å². The van der Waals surface area contributed by atoms with Gasteiger partial charge in [-0.05, 0) is 12.1 Å². The van der Waals surface area contributed by atoms with Gasteiger partial charge in [0, 0.05) is 10.0 Å². The Morgan fingerprint density at radius 1 is 1.27 bits per heavy atom. The maximum Gasteiger partial charge on any atom is 0.239 e. The van der Waals surface area contributed by atoms with E-state index in [4.69, 9.17) is 0 Å². The van der Waals surface area contributed by atoms with Gasteiger partial charge in [-0.3, -0.25) is 4.79 Å². The largest absolute Gasteiger partial charge is 0.493 e. The lowest BCUT2D eigenvalue weighted by atomic mass is 10.2. The van der Waals surface area contributed by atoms with Gasteiger partial charge in [0.05, 0.1) is 6.07 Å². The molecular formula is C10H6BrNO2S. The first-order valence-corrected chi connectivity index (χ1v) is 5.73. The molecule has 1 aromatic heterocycles. The van der Waals surface area contributed by atoms with Crippen LogP contribution >= 0.6 is 27.3 Å². The summed E-state index contributed by atoms with van der Waals surface area (Å²) < 4.78 is 0.749. The molecule has 0 saturated heterocycles. The molecule has 0 aliphatic heterocycles. The van der Waals surface area contributed by atoms with Crippen LogP contribution in [-0.2, 0) is 0 Å². The minimum absolute atomic E-state index is 0.208. The van der Waals surface area contributed by atoms with E-state index in [0.29, 0.717) is 5.01 Å². The molecule has 0 saturated carbocycles. The van der Waals surface area contributed by atoms with Gasteiger partial charge in [0.15, 0.2) is 0 Å². The number of aromatic nitrogens is 1. The average molecular weight is 284 g/mol. The number of aromatic hydroxyl groups is 1. The second-order valence-electron chi connectivity index (χ2n) is 2.85. The van der Waals surface area contributed by atoms with Gasteiger partial charge in [-0.2, -0.15) is 0 Å². The number of hydrogen-bond donors (Lipinski definition) is 1. The lowest BCUT2D eigenvalue weighted by molar-refractivity contribution is 0.454. The van der Waals surface area contributed by atoms with Gasteiger partial charge in [0.2, 0.25) is 10.6 Å². The Hall–Kier alpha value is -1.20. The van der Waals surface area contributed by atoms with Crippen LogP contribution in [0.15, 0.2) is 39.6 Å². The third kappa shape index (κ3) is 2.43. The summed E-state index contributed by atoms with van der Waals surface area (Å²) in [6.45, 7) is 0. The molecule has 0 bridgehead atoms. The monoisotopic (exact) mass is 283 g/mol. The Labute approximate surface area is 98.2 Å². The molecule has 2 rings (SSSR count). The third-order valence-corrected chi connectivity index (χ3v) is 3.12. The minimum Gasteiger partial charge on any atom is -0.493 e. The fraction of sp³-hybridized carbons (Fsp3) is 0. The summed E-state index contributed by atoms with van der Waals surface area (Å²) in [7, 11) is 0. The van der Waals surface area contributed by atoms with Crippen molar-refractivity contribution in [3.63, 3.8) is 0 Å². The minimum atomic E-state index is -0.239. The highest BCUT2D eigenvalue weighted by Crippen LogP contribution is 2.22. The van der Waals surface area contributed by atoms with Crippen LogP contribution in [0.1, 0.15) is 0 Å². The van der Waals surface area contributed by atoms with Crippen LogP contribution in [0.25, 0.3) is 10.6 Å². The first-order valence-electron chi connectivity index (χ1n) is 4.12. The summed E-state index contributed by atoms with van der Waals surface area (Å²) in [5.74, 6) is -0.239. The zero-order valence-corrected chi connectivity index (χ0v) is 9.88. The predicted molar refractivity (Wildman–Crippen MR) is 63.2 cm³/mol. The fourth-order valence-corrected chi connectivity index (χ4v) is 2.12. The molecule has 0 aliphatic carbocycles. The van der Waals surface area contributed by atoms with Crippen molar-refractivity contribution < 1.29 is 5.11 Å². The summed E-state index contributed by atoms with van der Waals surface area (Å²) in [6, 6.07) is 8.49. The van der Waals surface area contributed by atoms with Crippen molar-refractivity contribution in [1.82, 2.24) is 4.98 Å². The van der Waals surface area contributed by atoms with Gasteiger partial charge in [-0.25, -0.2) is 4.98 Å². The van der Waals surface area contributed by atoms with Gasteiger partial charge in [0.1, 0.15) is 5.01 Å². The van der Waals surface area contributed by atoms with Crippen LogP contribution in [-0.4, -0.2) is 10.1 Å². The standard InChI is InChI=1S/C10H6BrNO2S/c11-7-3-1-6(2-4-7)10-12-8(13)5-9(14)15-10/h1-5,13H.